The maximum atomic E-state index is 11.9. The van der Waals surface area contributed by atoms with Crippen molar-refractivity contribution in [2.24, 2.45) is 0 Å². The zero-order valence-corrected chi connectivity index (χ0v) is 12.2. The van der Waals surface area contributed by atoms with E-state index in [1.54, 1.807) is 0 Å². The summed E-state index contributed by atoms with van der Waals surface area (Å²) in [6.45, 7) is 2.24. The number of carbonyl (C=O) groups excluding carboxylic acids is 1. The Kier molecular flexibility index (Phi) is 5.14. The highest BCUT2D eigenvalue weighted by Gasteiger charge is 2.14. The van der Waals surface area contributed by atoms with E-state index in [4.69, 9.17) is 0 Å². The van der Waals surface area contributed by atoms with Gasteiger partial charge in [-0.2, -0.15) is 0 Å². The predicted octanol–water partition coefficient (Wildman–Crippen LogP) is 0.932. The molecule has 1 aliphatic rings. The lowest BCUT2D eigenvalue weighted by Crippen LogP contribution is -2.36. The number of nitrogens with zero attached hydrogens (tertiary/aromatic N) is 1. The number of nitrogens with one attached hydrogen (secondary N) is 2. The Hall–Kier alpha value is -2.11. The van der Waals surface area contributed by atoms with Gasteiger partial charge < -0.3 is 9.88 Å². The van der Waals surface area contributed by atoms with E-state index >= 15 is 0 Å². The zero-order chi connectivity index (χ0) is 15.2. The van der Waals surface area contributed by atoms with Crippen molar-refractivity contribution in [1.82, 2.24) is 14.9 Å². The zero-order valence-electron chi connectivity index (χ0n) is 12.2. The number of aromatic amines is 1. The molecule has 2 rings (SSSR count). The van der Waals surface area contributed by atoms with Gasteiger partial charge in [-0.05, 0) is 32.6 Å². The van der Waals surface area contributed by atoms with Gasteiger partial charge in [0.15, 0.2) is 0 Å². The number of H-pyrrole nitrogens is 1. The number of aryl methyl sites for hydroxylation is 1. The van der Waals surface area contributed by atoms with Gasteiger partial charge in [-0.15, -0.1) is 0 Å². The lowest BCUT2D eigenvalue weighted by atomic mass is 9.95. The molecule has 0 fully saturated rings. The summed E-state index contributed by atoms with van der Waals surface area (Å²) in [5.41, 5.74) is 0.368. The van der Waals surface area contributed by atoms with Crippen LogP contribution in [0.5, 0.6) is 0 Å². The first-order valence-corrected chi connectivity index (χ1v) is 7.34. The monoisotopic (exact) mass is 291 g/mol. The number of aromatic nitrogens is 2. The van der Waals surface area contributed by atoms with Gasteiger partial charge in [-0.1, -0.05) is 11.6 Å². The summed E-state index contributed by atoms with van der Waals surface area (Å²) < 4.78 is 1.32. The molecule has 114 valence electrons. The molecule has 0 saturated heterocycles. The van der Waals surface area contributed by atoms with Gasteiger partial charge in [-0.25, -0.2) is 4.79 Å². The quantitative estimate of drug-likeness (QED) is 0.792. The Labute approximate surface area is 122 Å². The van der Waals surface area contributed by atoms with Crippen LogP contribution in [0.25, 0.3) is 0 Å². The molecule has 0 aromatic carbocycles. The number of hydrogen-bond donors (Lipinski definition) is 2. The minimum Gasteiger partial charge on any atom is -0.350 e. The second kappa shape index (κ2) is 7.06. The van der Waals surface area contributed by atoms with Gasteiger partial charge in [0.2, 0.25) is 5.91 Å². The fourth-order valence-corrected chi connectivity index (χ4v) is 2.50. The average molecular weight is 291 g/mol. The van der Waals surface area contributed by atoms with Crippen LogP contribution >= 0.6 is 0 Å². The number of rotatable bonds is 5. The molecular formula is C15H21N3O3. The van der Waals surface area contributed by atoms with Crippen LogP contribution in [-0.2, 0) is 11.3 Å². The van der Waals surface area contributed by atoms with Crippen molar-refractivity contribution in [3.63, 3.8) is 0 Å². The minimum atomic E-state index is -0.488. The highest BCUT2D eigenvalue weighted by Crippen LogP contribution is 2.20. The molecule has 0 spiro atoms. The van der Waals surface area contributed by atoms with Crippen LogP contribution in [0.4, 0.5) is 0 Å². The molecule has 0 unspecified atom stereocenters. The van der Waals surface area contributed by atoms with Gasteiger partial charge in [0.1, 0.15) is 0 Å². The highest BCUT2D eigenvalue weighted by atomic mass is 16.2. The molecule has 1 amide bonds. The lowest BCUT2D eigenvalue weighted by Gasteiger charge is -2.20. The van der Waals surface area contributed by atoms with Crippen LogP contribution in [0, 0.1) is 0 Å². The summed E-state index contributed by atoms with van der Waals surface area (Å²) in [6.07, 6.45) is 8.35. The van der Waals surface area contributed by atoms with Gasteiger partial charge in [0.05, 0.1) is 0 Å². The fourth-order valence-electron chi connectivity index (χ4n) is 2.50. The highest BCUT2D eigenvalue weighted by molar-refractivity contribution is 5.76. The summed E-state index contributed by atoms with van der Waals surface area (Å²) in [5.74, 6) is -0.0907. The van der Waals surface area contributed by atoms with Gasteiger partial charge in [-0.3, -0.25) is 14.6 Å². The van der Waals surface area contributed by atoms with Gasteiger partial charge in [0, 0.05) is 31.3 Å². The largest absolute Gasteiger partial charge is 0.350 e. The third-order valence-corrected chi connectivity index (χ3v) is 3.74. The number of carbonyl (C=O) groups is 1. The molecular weight excluding hydrogens is 270 g/mol. The predicted molar refractivity (Wildman–Crippen MR) is 80.1 cm³/mol. The van der Waals surface area contributed by atoms with E-state index in [9.17, 15) is 14.4 Å². The van der Waals surface area contributed by atoms with E-state index in [1.165, 1.54) is 35.2 Å². The van der Waals surface area contributed by atoms with Crippen LogP contribution in [-0.4, -0.2) is 21.5 Å². The Morgan fingerprint density at radius 2 is 2.24 bits per heavy atom. The van der Waals surface area contributed by atoms with Crippen molar-refractivity contribution >= 4 is 5.91 Å². The molecule has 0 bridgehead atoms. The fraction of sp³-hybridized carbons (Fsp3) is 0.533. The lowest BCUT2D eigenvalue weighted by molar-refractivity contribution is -0.121. The first kappa shape index (κ1) is 15.3. The second-order valence-electron chi connectivity index (χ2n) is 5.37. The molecule has 1 atom stereocenters. The van der Waals surface area contributed by atoms with E-state index < -0.39 is 11.2 Å². The summed E-state index contributed by atoms with van der Waals surface area (Å²) in [4.78, 5) is 36.5. The molecule has 0 saturated carbocycles. The van der Waals surface area contributed by atoms with Crippen LogP contribution in [0.1, 0.15) is 39.0 Å². The number of hydrogen-bond acceptors (Lipinski definition) is 3. The Morgan fingerprint density at radius 3 is 2.90 bits per heavy atom. The van der Waals surface area contributed by atoms with Crippen molar-refractivity contribution in [3.8, 4) is 0 Å². The maximum Gasteiger partial charge on any atom is 0.328 e. The third kappa shape index (κ3) is 4.44. The number of allylic oxidation sites excluding steroid dienone is 1. The third-order valence-electron chi connectivity index (χ3n) is 3.74. The molecule has 1 heterocycles. The van der Waals surface area contributed by atoms with Gasteiger partial charge >= 0.3 is 5.69 Å². The van der Waals surface area contributed by atoms with E-state index in [0.717, 1.165) is 12.8 Å². The molecule has 0 aliphatic heterocycles. The molecule has 2 N–H and O–H groups in total. The normalized spacial score (nSPS) is 16.1. The SMILES string of the molecule is C[C@H](NC(=O)CCn1ccc(=O)[nH]c1=O)C1=CCCCC1. The summed E-state index contributed by atoms with van der Waals surface area (Å²) in [7, 11) is 0. The van der Waals surface area contributed by atoms with Crippen LogP contribution in [0.3, 0.4) is 0 Å². The Balaban J connectivity index is 1.85. The summed E-state index contributed by atoms with van der Waals surface area (Å²) in [6, 6.07) is 1.32. The van der Waals surface area contributed by atoms with Crippen LogP contribution < -0.4 is 16.6 Å². The van der Waals surface area contributed by atoms with Crippen LogP contribution in [0.15, 0.2) is 33.5 Å². The van der Waals surface area contributed by atoms with Crippen LogP contribution in [0.2, 0.25) is 0 Å². The van der Waals surface area contributed by atoms with E-state index in [1.807, 2.05) is 6.92 Å². The summed E-state index contributed by atoms with van der Waals surface area (Å²) in [5, 5.41) is 2.96. The second-order valence-corrected chi connectivity index (χ2v) is 5.37. The van der Waals surface area contributed by atoms with Crippen molar-refractivity contribution in [2.45, 2.75) is 51.6 Å². The van der Waals surface area contributed by atoms with Gasteiger partial charge in [0.25, 0.3) is 5.56 Å². The Morgan fingerprint density at radius 1 is 1.43 bits per heavy atom. The van der Waals surface area contributed by atoms with Crippen molar-refractivity contribution < 1.29 is 4.79 Å². The van der Waals surface area contributed by atoms with Crippen molar-refractivity contribution in [3.05, 3.63) is 44.8 Å². The first-order chi connectivity index (χ1) is 10.1. The molecule has 6 heteroatoms. The molecule has 0 radical (unpaired) electrons. The average Bonchev–Trinajstić information content (AvgIpc) is 2.47. The molecule has 6 nitrogen and oxygen atoms in total. The van der Waals surface area contributed by atoms with E-state index in [2.05, 4.69) is 16.4 Å². The smallest absolute Gasteiger partial charge is 0.328 e. The maximum absolute atomic E-state index is 11.9. The minimum absolute atomic E-state index is 0.0464. The van der Waals surface area contributed by atoms with Crippen molar-refractivity contribution in [2.75, 3.05) is 0 Å². The molecule has 1 aromatic heterocycles. The van der Waals surface area contributed by atoms with E-state index in [0.29, 0.717) is 0 Å². The molecule has 1 aliphatic carbocycles. The first-order valence-electron chi connectivity index (χ1n) is 7.34. The Bertz CT molecular complexity index is 642. The van der Waals surface area contributed by atoms with Crippen molar-refractivity contribution in [1.29, 1.82) is 0 Å². The summed E-state index contributed by atoms with van der Waals surface area (Å²) >= 11 is 0. The standard InChI is InChI=1S/C15H21N3O3/c1-11(12-5-3-2-4-6-12)16-13(19)7-9-18-10-8-14(20)17-15(18)21/h5,8,10-11H,2-4,6-7,9H2,1H3,(H,16,19)(H,17,20,21)/t11-/m0/s1. The number of amides is 1. The molecule has 1 aromatic rings. The topological polar surface area (TPSA) is 84.0 Å². The van der Waals surface area contributed by atoms with E-state index in [-0.39, 0.29) is 24.9 Å². The molecule has 21 heavy (non-hydrogen) atoms.